The Morgan fingerprint density at radius 1 is 1.11 bits per heavy atom. The zero-order chi connectivity index (χ0) is 20.3. The van der Waals surface area contributed by atoms with Crippen molar-refractivity contribution in [3.63, 3.8) is 0 Å². The number of ether oxygens (including phenoxy) is 1. The number of aromatic nitrogens is 1. The Balaban J connectivity index is 1.62. The van der Waals surface area contributed by atoms with E-state index in [4.69, 9.17) is 4.74 Å². The van der Waals surface area contributed by atoms with E-state index in [-0.39, 0.29) is 11.3 Å². The van der Waals surface area contributed by atoms with Crippen LogP contribution in [0.5, 0.6) is 0 Å². The van der Waals surface area contributed by atoms with Crippen molar-refractivity contribution in [1.29, 1.82) is 0 Å². The molecule has 0 saturated heterocycles. The van der Waals surface area contributed by atoms with Crippen LogP contribution in [0.4, 0.5) is 4.39 Å². The van der Waals surface area contributed by atoms with Crippen molar-refractivity contribution in [1.82, 2.24) is 10.3 Å². The number of hydrogen-bond acceptors (Lipinski definition) is 4. The third-order valence-corrected chi connectivity index (χ3v) is 4.33. The Labute approximate surface area is 160 Å². The Morgan fingerprint density at radius 3 is 2.54 bits per heavy atom. The molecular formula is C21H19FN2O4. The van der Waals surface area contributed by atoms with Crippen molar-refractivity contribution < 1.29 is 23.5 Å². The Bertz CT molecular complexity index is 1060. The number of para-hydroxylation sites is 1. The lowest BCUT2D eigenvalue weighted by atomic mass is 10.0. The van der Waals surface area contributed by atoms with Gasteiger partial charge >= 0.3 is 5.97 Å². The number of benzene rings is 2. The summed E-state index contributed by atoms with van der Waals surface area (Å²) in [5.41, 5.74) is 1.79. The van der Waals surface area contributed by atoms with Crippen LogP contribution in [0, 0.1) is 12.7 Å². The summed E-state index contributed by atoms with van der Waals surface area (Å²) in [5, 5.41) is 3.04. The molecule has 0 saturated carbocycles. The van der Waals surface area contributed by atoms with E-state index in [1.165, 1.54) is 25.1 Å². The molecule has 0 aliphatic rings. The van der Waals surface area contributed by atoms with Crippen LogP contribution in [-0.2, 0) is 9.53 Å². The lowest BCUT2D eigenvalue weighted by Gasteiger charge is -2.13. The van der Waals surface area contributed by atoms with Gasteiger partial charge in [0.25, 0.3) is 5.91 Å². The number of fused-ring (bicyclic) bond motifs is 1. The molecule has 0 spiro atoms. The minimum absolute atomic E-state index is 0.172. The molecule has 144 valence electrons. The molecule has 0 radical (unpaired) electrons. The van der Waals surface area contributed by atoms with Crippen LogP contribution in [-0.4, -0.2) is 35.3 Å². The number of aromatic amines is 1. The number of halogens is 1. The van der Waals surface area contributed by atoms with Crippen molar-refractivity contribution in [2.24, 2.45) is 0 Å². The minimum atomic E-state index is -1.03. The largest absolute Gasteiger partial charge is 0.453 e. The molecule has 0 fully saturated rings. The maximum atomic E-state index is 13.6. The van der Waals surface area contributed by atoms with Crippen molar-refractivity contribution in [2.45, 2.75) is 20.0 Å². The number of esters is 1. The average Bonchev–Trinajstić information content (AvgIpc) is 3.01. The molecule has 1 atom stereocenters. The molecule has 3 aromatic rings. The predicted octanol–water partition coefficient (Wildman–Crippen LogP) is 3.16. The van der Waals surface area contributed by atoms with Gasteiger partial charge in [0.15, 0.2) is 6.10 Å². The second-order valence-electron chi connectivity index (χ2n) is 6.33. The van der Waals surface area contributed by atoms with E-state index in [1.807, 2.05) is 24.3 Å². The minimum Gasteiger partial charge on any atom is -0.453 e. The van der Waals surface area contributed by atoms with Gasteiger partial charge in [0.1, 0.15) is 12.4 Å². The van der Waals surface area contributed by atoms with Gasteiger partial charge < -0.3 is 15.0 Å². The van der Waals surface area contributed by atoms with Gasteiger partial charge in [-0.1, -0.05) is 30.3 Å². The van der Waals surface area contributed by atoms with Gasteiger partial charge in [-0.25, -0.2) is 4.39 Å². The molecule has 7 heteroatoms. The molecule has 0 aliphatic carbocycles. The van der Waals surface area contributed by atoms with Crippen LogP contribution in [0.15, 0.2) is 48.5 Å². The lowest BCUT2D eigenvalue weighted by molar-refractivity contribution is -0.145. The summed E-state index contributed by atoms with van der Waals surface area (Å²) in [6.45, 7) is 2.77. The molecule has 1 heterocycles. The van der Waals surface area contributed by atoms with Gasteiger partial charge in [0, 0.05) is 22.2 Å². The number of carbonyl (C=O) groups excluding carboxylic acids is 3. The van der Waals surface area contributed by atoms with E-state index in [0.29, 0.717) is 11.3 Å². The first kappa shape index (κ1) is 19.3. The summed E-state index contributed by atoms with van der Waals surface area (Å²) in [7, 11) is 0. The highest BCUT2D eigenvalue weighted by Crippen LogP contribution is 2.23. The van der Waals surface area contributed by atoms with E-state index >= 15 is 0 Å². The fraction of sp³-hybridized carbons (Fsp3) is 0.190. The number of aryl methyl sites for hydroxylation is 1. The number of nitrogens with one attached hydrogen (secondary N) is 2. The summed E-state index contributed by atoms with van der Waals surface area (Å²) in [5.74, 6) is -2.56. The lowest BCUT2D eigenvalue weighted by Crippen LogP contribution is -2.34. The maximum Gasteiger partial charge on any atom is 0.326 e. The number of rotatable bonds is 6. The fourth-order valence-electron chi connectivity index (χ4n) is 2.98. The molecule has 1 aromatic heterocycles. The van der Waals surface area contributed by atoms with E-state index in [0.717, 1.165) is 17.0 Å². The number of amides is 1. The SMILES string of the molecule is Cc1[nH]c2ccccc2c1C(=O)C(C)OC(=O)CNC(=O)c1ccccc1F. The zero-order valence-corrected chi connectivity index (χ0v) is 15.4. The maximum absolute atomic E-state index is 13.6. The van der Waals surface area contributed by atoms with Crippen LogP contribution >= 0.6 is 0 Å². The Hall–Kier alpha value is -3.48. The third-order valence-electron chi connectivity index (χ3n) is 4.33. The molecule has 28 heavy (non-hydrogen) atoms. The molecule has 0 aliphatic heterocycles. The van der Waals surface area contributed by atoms with Crippen molar-refractivity contribution in [3.05, 3.63) is 71.2 Å². The summed E-state index contributed by atoms with van der Waals surface area (Å²) >= 11 is 0. The first-order valence-corrected chi connectivity index (χ1v) is 8.72. The molecule has 6 nitrogen and oxygen atoms in total. The molecule has 0 bridgehead atoms. The summed E-state index contributed by atoms with van der Waals surface area (Å²) < 4.78 is 18.7. The highest BCUT2D eigenvalue weighted by molar-refractivity contribution is 6.11. The van der Waals surface area contributed by atoms with Gasteiger partial charge in [-0.2, -0.15) is 0 Å². The van der Waals surface area contributed by atoms with E-state index in [1.54, 1.807) is 6.92 Å². The van der Waals surface area contributed by atoms with E-state index in [9.17, 15) is 18.8 Å². The third kappa shape index (κ3) is 3.93. The first-order chi connectivity index (χ1) is 13.4. The number of H-pyrrole nitrogens is 1. The molecular weight excluding hydrogens is 363 g/mol. The topological polar surface area (TPSA) is 88.3 Å². The second kappa shape index (κ2) is 8.04. The predicted molar refractivity (Wildman–Crippen MR) is 102 cm³/mol. The average molecular weight is 382 g/mol. The van der Waals surface area contributed by atoms with Crippen molar-refractivity contribution in [2.75, 3.05) is 6.54 Å². The molecule has 1 unspecified atom stereocenters. The zero-order valence-electron chi connectivity index (χ0n) is 15.4. The van der Waals surface area contributed by atoms with Gasteiger partial charge in [-0.05, 0) is 32.0 Å². The Kier molecular flexibility index (Phi) is 5.54. The first-order valence-electron chi connectivity index (χ1n) is 8.72. The van der Waals surface area contributed by atoms with Crippen molar-refractivity contribution in [3.8, 4) is 0 Å². The van der Waals surface area contributed by atoms with Crippen LogP contribution < -0.4 is 5.32 Å². The van der Waals surface area contributed by atoms with Crippen LogP contribution in [0.3, 0.4) is 0 Å². The number of Topliss-reactive ketones (excluding diaryl/α,β-unsaturated/α-hetero) is 1. The van der Waals surface area contributed by atoms with E-state index < -0.39 is 30.3 Å². The van der Waals surface area contributed by atoms with Gasteiger partial charge in [-0.15, -0.1) is 0 Å². The quantitative estimate of drug-likeness (QED) is 0.506. The molecule has 2 aromatic carbocycles. The number of hydrogen-bond donors (Lipinski definition) is 2. The smallest absolute Gasteiger partial charge is 0.326 e. The standard InChI is InChI=1S/C21H19FN2O4/c1-12-19(15-8-4-6-10-17(15)24-12)20(26)13(2)28-18(25)11-23-21(27)14-7-3-5-9-16(14)22/h3-10,13,24H,11H2,1-2H3,(H,23,27). The fourth-order valence-corrected chi connectivity index (χ4v) is 2.98. The summed E-state index contributed by atoms with van der Waals surface area (Å²) in [4.78, 5) is 39.8. The number of carbonyl (C=O) groups is 3. The highest BCUT2D eigenvalue weighted by Gasteiger charge is 2.24. The normalized spacial score (nSPS) is 11.8. The van der Waals surface area contributed by atoms with E-state index in [2.05, 4.69) is 10.3 Å². The monoisotopic (exact) mass is 382 g/mol. The van der Waals surface area contributed by atoms with Gasteiger partial charge in [-0.3, -0.25) is 14.4 Å². The molecule has 3 rings (SSSR count). The Morgan fingerprint density at radius 2 is 1.79 bits per heavy atom. The number of ketones is 1. The van der Waals surface area contributed by atoms with Crippen LogP contribution in [0.25, 0.3) is 10.9 Å². The summed E-state index contributed by atoms with van der Waals surface area (Å²) in [6, 6.07) is 12.8. The highest BCUT2D eigenvalue weighted by atomic mass is 19.1. The van der Waals surface area contributed by atoms with Crippen LogP contribution in [0.2, 0.25) is 0 Å². The van der Waals surface area contributed by atoms with Gasteiger partial charge in [0.2, 0.25) is 5.78 Å². The van der Waals surface area contributed by atoms with Crippen LogP contribution in [0.1, 0.15) is 33.3 Å². The summed E-state index contributed by atoms with van der Waals surface area (Å²) in [6.07, 6.45) is -1.03. The second-order valence-corrected chi connectivity index (χ2v) is 6.33. The molecule has 2 N–H and O–H groups in total. The van der Waals surface area contributed by atoms with Crippen molar-refractivity contribution >= 4 is 28.6 Å². The molecule has 1 amide bonds. The van der Waals surface area contributed by atoms with Gasteiger partial charge in [0.05, 0.1) is 5.56 Å².